The van der Waals surface area contributed by atoms with E-state index in [0.717, 1.165) is 6.42 Å². The Balaban J connectivity index is 2.37. The second-order valence-corrected chi connectivity index (χ2v) is 3.34. The molecule has 1 N–H and O–H groups in total. The van der Waals surface area contributed by atoms with E-state index in [-0.39, 0.29) is 18.3 Å². The molecule has 1 heterocycles. The molecule has 1 rings (SSSR count). The number of carbonyl (C=O) groups excluding carboxylic acids is 1. The first-order chi connectivity index (χ1) is 8.13. The highest BCUT2D eigenvalue weighted by atomic mass is 16.6. The van der Waals surface area contributed by atoms with Gasteiger partial charge in [0.2, 0.25) is 5.91 Å². The van der Waals surface area contributed by atoms with Gasteiger partial charge in [0.15, 0.2) is 0 Å². The molecule has 0 atom stereocenters. The number of aromatic nitrogens is 2. The van der Waals surface area contributed by atoms with E-state index in [4.69, 9.17) is 0 Å². The fourth-order valence-electron chi connectivity index (χ4n) is 1.20. The molecule has 0 radical (unpaired) electrons. The van der Waals surface area contributed by atoms with Crippen molar-refractivity contribution >= 4 is 11.7 Å². The average molecular weight is 238 g/mol. The molecule has 7 nitrogen and oxygen atoms in total. The maximum absolute atomic E-state index is 11.4. The summed E-state index contributed by atoms with van der Waals surface area (Å²) in [5.74, 6) is -0.473. The lowest BCUT2D eigenvalue weighted by atomic mass is 10.4. The number of hydrogen-bond donors (Lipinski definition) is 1. The van der Waals surface area contributed by atoms with Gasteiger partial charge in [-0.1, -0.05) is 12.2 Å². The van der Waals surface area contributed by atoms with Gasteiger partial charge in [0.1, 0.15) is 6.54 Å². The molecule has 0 aromatic carbocycles. The first-order valence-electron chi connectivity index (χ1n) is 5.19. The van der Waals surface area contributed by atoms with Crippen LogP contribution in [0.4, 0.5) is 5.82 Å². The summed E-state index contributed by atoms with van der Waals surface area (Å²) in [6.45, 7) is 2.45. The zero-order valence-electron chi connectivity index (χ0n) is 9.50. The molecule has 0 aliphatic carbocycles. The Morgan fingerprint density at radius 2 is 2.47 bits per heavy atom. The van der Waals surface area contributed by atoms with Crippen LogP contribution in [0.5, 0.6) is 0 Å². The van der Waals surface area contributed by atoms with E-state index in [1.807, 2.05) is 19.1 Å². The smallest absolute Gasteiger partial charge is 0.358 e. The average Bonchev–Trinajstić information content (AvgIpc) is 2.73. The third-order valence-corrected chi connectivity index (χ3v) is 1.99. The summed E-state index contributed by atoms with van der Waals surface area (Å²) in [5.41, 5.74) is 0. The van der Waals surface area contributed by atoms with Gasteiger partial charge in [0.25, 0.3) is 0 Å². The van der Waals surface area contributed by atoms with Crippen LogP contribution in [0.1, 0.15) is 13.3 Å². The molecule has 7 heteroatoms. The van der Waals surface area contributed by atoms with E-state index in [2.05, 4.69) is 10.4 Å². The molecule has 17 heavy (non-hydrogen) atoms. The van der Waals surface area contributed by atoms with Crippen LogP contribution in [0.15, 0.2) is 24.4 Å². The first kappa shape index (κ1) is 12.9. The van der Waals surface area contributed by atoms with E-state index in [1.54, 1.807) is 0 Å². The Kier molecular flexibility index (Phi) is 4.86. The summed E-state index contributed by atoms with van der Waals surface area (Å²) in [6.07, 6.45) is 6.02. The molecule has 0 saturated carbocycles. The third-order valence-electron chi connectivity index (χ3n) is 1.99. The molecule has 1 amide bonds. The molecule has 0 bridgehead atoms. The minimum atomic E-state index is -0.597. The highest BCUT2D eigenvalue weighted by Crippen LogP contribution is 2.04. The van der Waals surface area contributed by atoms with Crippen molar-refractivity contribution in [3.8, 4) is 0 Å². The fraction of sp³-hybridized carbons (Fsp3) is 0.400. The number of carbonyl (C=O) groups is 1. The van der Waals surface area contributed by atoms with Gasteiger partial charge >= 0.3 is 5.82 Å². The molecule has 0 spiro atoms. The number of allylic oxidation sites excluding steroid dienone is 1. The number of hydrogen-bond acceptors (Lipinski definition) is 4. The maximum atomic E-state index is 11.4. The standard InChI is InChI=1S/C10H14N4O3/c1-2-3-4-6-11-10(15)8-13-7-5-9(12-13)14(16)17/h2-3,5,7H,4,6,8H2,1H3,(H,11,15)/b3-2+. The summed E-state index contributed by atoms with van der Waals surface area (Å²) < 4.78 is 1.24. The minimum Gasteiger partial charge on any atom is -0.358 e. The number of amides is 1. The van der Waals surface area contributed by atoms with E-state index in [0.29, 0.717) is 6.54 Å². The van der Waals surface area contributed by atoms with Crippen LogP contribution in [0.3, 0.4) is 0 Å². The normalized spacial score (nSPS) is 10.6. The number of rotatable bonds is 6. The lowest BCUT2D eigenvalue weighted by molar-refractivity contribution is -0.389. The van der Waals surface area contributed by atoms with E-state index < -0.39 is 4.92 Å². The summed E-state index contributed by atoms with van der Waals surface area (Å²) in [4.78, 5) is 21.2. The Morgan fingerprint density at radius 1 is 1.71 bits per heavy atom. The van der Waals surface area contributed by atoms with Gasteiger partial charge < -0.3 is 15.4 Å². The Hall–Kier alpha value is -2.18. The molecule has 1 aromatic heterocycles. The molecule has 0 fully saturated rings. The van der Waals surface area contributed by atoms with E-state index >= 15 is 0 Å². The van der Waals surface area contributed by atoms with Crippen molar-refractivity contribution in [3.05, 3.63) is 34.5 Å². The van der Waals surface area contributed by atoms with Crippen molar-refractivity contribution in [2.75, 3.05) is 6.54 Å². The second-order valence-electron chi connectivity index (χ2n) is 3.34. The number of nitrogens with zero attached hydrogens (tertiary/aromatic N) is 3. The quantitative estimate of drug-likeness (QED) is 0.344. The molecule has 92 valence electrons. The molecular formula is C10H14N4O3. The van der Waals surface area contributed by atoms with Crippen LogP contribution in [-0.4, -0.2) is 27.2 Å². The van der Waals surface area contributed by atoms with Crippen LogP contribution >= 0.6 is 0 Å². The molecule has 0 saturated heterocycles. The third kappa shape index (κ3) is 4.45. The second kappa shape index (κ2) is 6.41. The SMILES string of the molecule is C/C=C/CCNC(=O)Cn1ccc([N+](=O)[O-])n1. The van der Waals surface area contributed by atoms with Crippen LogP contribution < -0.4 is 5.32 Å². The van der Waals surface area contributed by atoms with Crippen molar-refractivity contribution in [2.24, 2.45) is 0 Å². The number of nitro groups is 1. The summed E-state index contributed by atoms with van der Waals surface area (Å²) in [6, 6.07) is 1.26. The van der Waals surface area contributed by atoms with E-state index in [1.165, 1.54) is 16.9 Å². The zero-order valence-corrected chi connectivity index (χ0v) is 9.50. The van der Waals surface area contributed by atoms with Crippen molar-refractivity contribution in [1.29, 1.82) is 0 Å². The van der Waals surface area contributed by atoms with Crippen LogP contribution in [0.2, 0.25) is 0 Å². The predicted octanol–water partition coefficient (Wildman–Crippen LogP) is 0.874. The lowest BCUT2D eigenvalue weighted by Gasteiger charge is -2.00. The summed E-state index contributed by atoms with van der Waals surface area (Å²) in [5, 5.41) is 16.7. The van der Waals surface area contributed by atoms with Gasteiger partial charge in [-0.2, -0.15) is 4.68 Å². The first-order valence-corrected chi connectivity index (χ1v) is 5.19. The van der Waals surface area contributed by atoms with Crippen molar-refractivity contribution in [1.82, 2.24) is 15.1 Å². The predicted molar refractivity (Wildman–Crippen MR) is 61.3 cm³/mol. The van der Waals surface area contributed by atoms with Crippen LogP contribution in [0.25, 0.3) is 0 Å². The Labute approximate surface area is 98.3 Å². The van der Waals surface area contributed by atoms with E-state index in [9.17, 15) is 14.9 Å². The van der Waals surface area contributed by atoms with Gasteiger partial charge in [0, 0.05) is 6.54 Å². The maximum Gasteiger partial charge on any atom is 0.389 e. The summed E-state index contributed by atoms with van der Waals surface area (Å²) >= 11 is 0. The Bertz CT molecular complexity index is 425. The Morgan fingerprint density at radius 3 is 3.06 bits per heavy atom. The highest BCUT2D eigenvalue weighted by molar-refractivity contribution is 5.75. The van der Waals surface area contributed by atoms with Crippen molar-refractivity contribution in [3.63, 3.8) is 0 Å². The van der Waals surface area contributed by atoms with Crippen LogP contribution in [-0.2, 0) is 11.3 Å². The van der Waals surface area contributed by atoms with Gasteiger partial charge in [-0.25, -0.2) is 0 Å². The number of nitrogens with one attached hydrogen (secondary N) is 1. The summed E-state index contributed by atoms with van der Waals surface area (Å²) in [7, 11) is 0. The minimum absolute atomic E-state index is 0.0102. The van der Waals surface area contributed by atoms with Gasteiger partial charge in [-0.15, -0.1) is 0 Å². The highest BCUT2D eigenvalue weighted by Gasteiger charge is 2.12. The zero-order chi connectivity index (χ0) is 12.7. The topological polar surface area (TPSA) is 90.1 Å². The molecule has 1 aromatic rings. The molecule has 0 aliphatic heterocycles. The molecule has 0 aliphatic rings. The largest absolute Gasteiger partial charge is 0.389 e. The van der Waals surface area contributed by atoms with Crippen LogP contribution in [0, 0.1) is 10.1 Å². The van der Waals surface area contributed by atoms with Gasteiger partial charge in [-0.05, 0) is 18.3 Å². The monoisotopic (exact) mass is 238 g/mol. The van der Waals surface area contributed by atoms with Gasteiger partial charge in [0.05, 0.1) is 17.4 Å². The lowest BCUT2D eigenvalue weighted by Crippen LogP contribution is -2.28. The van der Waals surface area contributed by atoms with Gasteiger partial charge in [-0.3, -0.25) is 4.79 Å². The molecular weight excluding hydrogens is 224 g/mol. The van der Waals surface area contributed by atoms with Crippen molar-refractivity contribution < 1.29 is 9.72 Å². The fourth-order valence-corrected chi connectivity index (χ4v) is 1.20. The molecule has 0 unspecified atom stereocenters. The van der Waals surface area contributed by atoms with Crippen molar-refractivity contribution in [2.45, 2.75) is 19.9 Å².